The summed E-state index contributed by atoms with van der Waals surface area (Å²) in [5, 5.41) is 0. The van der Waals surface area contributed by atoms with Gasteiger partial charge in [-0.15, -0.1) is 0 Å². The fourth-order valence-electron chi connectivity index (χ4n) is 8.52. The molecule has 0 N–H and O–H groups in total. The van der Waals surface area contributed by atoms with Crippen LogP contribution in [0.2, 0.25) is 0 Å². The minimum absolute atomic E-state index is 0.000510. The molecule has 0 saturated heterocycles. The summed E-state index contributed by atoms with van der Waals surface area (Å²) in [5.74, 6) is 3.43. The van der Waals surface area contributed by atoms with Crippen LogP contribution in [0, 0.1) is 46.3 Å². The molecule has 0 amide bonds. The Morgan fingerprint density at radius 1 is 1.16 bits per heavy atom. The zero-order valence-corrected chi connectivity index (χ0v) is 20.3. The third kappa shape index (κ3) is 3.85. The lowest BCUT2D eigenvalue weighted by atomic mass is 9.45. The Labute approximate surface area is 189 Å². The van der Waals surface area contributed by atoms with Crippen molar-refractivity contribution >= 4 is 11.8 Å². The van der Waals surface area contributed by atoms with Gasteiger partial charge in [-0.05, 0) is 112 Å². The highest BCUT2D eigenvalue weighted by Gasteiger charge is 2.61. The lowest BCUT2D eigenvalue weighted by Crippen LogP contribution is -2.53. The van der Waals surface area contributed by atoms with Gasteiger partial charge in [0.2, 0.25) is 0 Å². The number of rotatable bonds is 5. The third-order valence-corrected chi connectivity index (χ3v) is 10.1. The van der Waals surface area contributed by atoms with E-state index in [1.807, 2.05) is 6.08 Å². The fraction of sp³-hybridized carbons (Fsp3) is 0.786. The first kappa shape index (κ1) is 22.8. The van der Waals surface area contributed by atoms with Gasteiger partial charge in [0.15, 0.2) is 5.78 Å². The smallest absolute Gasteiger partial charge is 0.308 e. The number of ketones is 1. The Morgan fingerprint density at radius 3 is 2.65 bits per heavy atom. The van der Waals surface area contributed by atoms with Crippen molar-refractivity contribution in [3.05, 3.63) is 23.8 Å². The number of carbonyl (C=O) groups excluding carboxylic acids is 2. The van der Waals surface area contributed by atoms with Crippen molar-refractivity contribution in [2.75, 3.05) is 7.11 Å². The number of carbonyl (C=O) groups is 2. The van der Waals surface area contributed by atoms with Crippen molar-refractivity contribution < 1.29 is 14.3 Å². The SMILES string of the molecule is COC(=O)[C@H](CCC=C(C)C)[C@H]1CC[C@H]2[C@@H]3CC[C@H]4CC(=O)C=C[C@]4(C)[C@H]3CC[C@]12C. The molecule has 0 aliphatic heterocycles. The number of ether oxygens (including phenoxy) is 1. The highest BCUT2D eigenvalue weighted by atomic mass is 16.5. The van der Waals surface area contributed by atoms with Crippen LogP contribution in [-0.4, -0.2) is 18.9 Å². The van der Waals surface area contributed by atoms with Gasteiger partial charge >= 0.3 is 5.97 Å². The van der Waals surface area contributed by atoms with E-state index in [1.165, 1.54) is 37.7 Å². The maximum Gasteiger partial charge on any atom is 0.308 e. The van der Waals surface area contributed by atoms with E-state index >= 15 is 0 Å². The van der Waals surface area contributed by atoms with E-state index in [0.29, 0.717) is 29.5 Å². The molecule has 0 aromatic rings. The van der Waals surface area contributed by atoms with E-state index in [4.69, 9.17) is 4.74 Å². The van der Waals surface area contributed by atoms with Crippen LogP contribution in [0.15, 0.2) is 23.8 Å². The molecule has 4 aliphatic rings. The summed E-state index contributed by atoms with van der Waals surface area (Å²) in [6, 6.07) is 0. The quantitative estimate of drug-likeness (QED) is 0.371. The van der Waals surface area contributed by atoms with E-state index in [2.05, 4.69) is 39.8 Å². The second-order valence-electron chi connectivity index (χ2n) is 11.7. The van der Waals surface area contributed by atoms with Gasteiger partial charge in [0, 0.05) is 6.42 Å². The molecule has 4 aliphatic carbocycles. The molecule has 3 fully saturated rings. The summed E-state index contributed by atoms with van der Waals surface area (Å²) < 4.78 is 5.31. The molecule has 3 heteroatoms. The second kappa shape index (κ2) is 8.52. The number of hydrogen-bond donors (Lipinski definition) is 0. The first-order chi connectivity index (χ1) is 14.7. The molecule has 8 atom stereocenters. The summed E-state index contributed by atoms with van der Waals surface area (Å²) in [7, 11) is 1.56. The largest absolute Gasteiger partial charge is 0.469 e. The fourth-order valence-corrected chi connectivity index (χ4v) is 8.52. The molecule has 4 rings (SSSR count). The monoisotopic (exact) mass is 426 g/mol. The molecule has 0 aromatic heterocycles. The Kier molecular flexibility index (Phi) is 6.27. The van der Waals surface area contributed by atoms with Crippen LogP contribution in [-0.2, 0) is 14.3 Å². The van der Waals surface area contributed by atoms with Gasteiger partial charge in [-0.2, -0.15) is 0 Å². The first-order valence-electron chi connectivity index (χ1n) is 12.6. The van der Waals surface area contributed by atoms with E-state index < -0.39 is 0 Å². The van der Waals surface area contributed by atoms with Crippen LogP contribution in [0.5, 0.6) is 0 Å². The lowest BCUT2D eigenvalue weighted by Gasteiger charge is -2.59. The number of allylic oxidation sites excluding steroid dienone is 4. The topological polar surface area (TPSA) is 43.4 Å². The zero-order chi connectivity index (χ0) is 22.4. The standard InChI is InChI=1S/C28H42O3/c1-18(2)7-6-8-22(26(30)31-5)24-12-11-23-21-10-9-19-17-20(29)13-15-27(19,3)25(21)14-16-28(23,24)4/h7,13,15,19,21-25H,6,8-12,14,16-17H2,1-5H3/t19-,21-,22+,23-,24+,25-,27-,28-/m0/s1. The Bertz CT molecular complexity index is 775. The molecular weight excluding hydrogens is 384 g/mol. The predicted molar refractivity (Wildman–Crippen MR) is 124 cm³/mol. The summed E-state index contributed by atoms with van der Waals surface area (Å²) in [5.41, 5.74) is 1.74. The molecule has 0 radical (unpaired) electrons. The molecule has 3 nitrogen and oxygen atoms in total. The summed E-state index contributed by atoms with van der Waals surface area (Å²) >= 11 is 0. The lowest BCUT2D eigenvalue weighted by molar-refractivity contribution is -0.152. The maximum atomic E-state index is 12.9. The first-order valence-corrected chi connectivity index (χ1v) is 12.6. The Balaban J connectivity index is 1.57. The molecule has 172 valence electrons. The van der Waals surface area contributed by atoms with Gasteiger partial charge in [0.05, 0.1) is 13.0 Å². The molecule has 0 heterocycles. The van der Waals surface area contributed by atoms with Gasteiger partial charge in [0.1, 0.15) is 0 Å². The maximum absolute atomic E-state index is 12.9. The van der Waals surface area contributed by atoms with Gasteiger partial charge in [-0.25, -0.2) is 0 Å². The molecule has 0 bridgehead atoms. The van der Waals surface area contributed by atoms with Gasteiger partial charge in [0.25, 0.3) is 0 Å². The number of esters is 1. The van der Waals surface area contributed by atoms with E-state index in [9.17, 15) is 9.59 Å². The van der Waals surface area contributed by atoms with Crippen LogP contribution in [0.25, 0.3) is 0 Å². The zero-order valence-electron chi connectivity index (χ0n) is 20.3. The summed E-state index contributed by atoms with van der Waals surface area (Å²) in [6.45, 7) is 9.19. The highest BCUT2D eigenvalue weighted by molar-refractivity contribution is 5.91. The van der Waals surface area contributed by atoms with Crippen LogP contribution in [0.1, 0.15) is 85.5 Å². The molecule has 0 spiro atoms. The van der Waals surface area contributed by atoms with E-state index in [-0.39, 0.29) is 22.7 Å². The van der Waals surface area contributed by atoms with Crippen LogP contribution in [0.4, 0.5) is 0 Å². The van der Waals surface area contributed by atoms with Crippen molar-refractivity contribution in [1.29, 1.82) is 0 Å². The summed E-state index contributed by atoms with van der Waals surface area (Å²) in [4.78, 5) is 24.9. The number of fused-ring (bicyclic) bond motifs is 5. The Hall–Kier alpha value is -1.38. The Morgan fingerprint density at radius 2 is 1.94 bits per heavy atom. The van der Waals surface area contributed by atoms with Crippen LogP contribution in [0.3, 0.4) is 0 Å². The number of hydrogen-bond acceptors (Lipinski definition) is 3. The van der Waals surface area contributed by atoms with E-state index in [1.54, 1.807) is 7.11 Å². The van der Waals surface area contributed by atoms with Gasteiger partial charge < -0.3 is 4.74 Å². The third-order valence-electron chi connectivity index (χ3n) is 10.1. The van der Waals surface area contributed by atoms with Crippen molar-refractivity contribution in [1.82, 2.24) is 0 Å². The van der Waals surface area contributed by atoms with Crippen molar-refractivity contribution in [3.8, 4) is 0 Å². The van der Waals surface area contributed by atoms with E-state index in [0.717, 1.165) is 31.6 Å². The van der Waals surface area contributed by atoms with Crippen molar-refractivity contribution in [2.45, 2.75) is 85.5 Å². The van der Waals surface area contributed by atoms with Crippen LogP contribution >= 0.6 is 0 Å². The average molecular weight is 427 g/mol. The van der Waals surface area contributed by atoms with Gasteiger partial charge in [-0.3, -0.25) is 9.59 Å². The molecule has 3 saturated carbocycles. The predicted octanol–water partition coefficient (Wildman–Crippen LogP) is 6.53. The number of methoxy groups -OCH3 is 1. The van der Waals surface area contributed by atoms with Crippen molar-refractivity contribution in [2.24, 2.45) is 46.3 Å². The summed E-state index contributed by atoms with van der Waals surface area (Å²) in [6.07, 6.45) is 16.3. The second-order valence-corrected chi connectivity index (χ2v) is 11.7. The molecule has 0 unspecified atom stereocenters. The normalized spacial score (nSPS) is 42.2. The average Bonchev–Trinajstić information content (AvgIpc) is 3.08. The molecule has 31 heavy (non-hydrogen) atoms. The minimum atomic E-state index is 0.000510. The molecular formula is C28H42O3. The molecule has 0 aromatic carbocycles. The van der Waals surface area contributed by atoms with Crippen molar-refractivity contribution in [3.63, 3.8) is 0 Å². The highest BCUT2D eigenvalue weighted by Crippen LogP contribution is 2.67. The van der Waals surface area contributed by atoms with Gasteiger partial charge in [-0.1, -0.05) is 31.6 Å². The van der Waals surface area contributed by atoms with Crippen LogP contribution < -0.4 is 0 Å². The minimum Gasteiger partial charge on any atom is -0.469 e.